The third-order valence-electron chi connectivity index (χ3n) is 3.04. The van der Waals surface area contributed by atoms with Crippen LogP contribution < -0.4 is 0 Å². The van der Waals surface area contributed by atoms with Crippen molar-refractivity contribution in [2.75, 3.05) is 0 Å². The van der Waals surface area contributed by atoms with Crippen molar-refractivity contribution in [2.24, 2.45) is 10.2 Å². The van der Waals surface area contributed by atoms with Gasteiger partial charge >= 0.3 is 0 Å². The first-order valence-corrected chi connectivity index (χ1v) is 7.76. The summed E-state index contributed by atoms with van der Waals surface area (Å²) >= 11 is 12.9. The summed E-state index contributed by atoms with van der Waals surface area (Å²) in [6.45, 7) is 8.98. The Bertz CT molecular complexity index is 993. The van der Waals surface area contributed by atoms with Crippen LogP contribution in [0.2, 0.25) is 10.0 Å². The third kappa shape index (κ3) is 2.84. The SMILES string of the molecule is [C-]#[N+]c1c(C)ncc2c(N=Nc3cc(Cl)c(O)cc3Cl)snc12. The number of azo groups is 1. The second-order valence-electron chi connectivity index (χ2n) is 4.51. The largest absolute Gasteiger partial charge is 0.506 e. The number of aromatic nitrogens is 2. The fourth-order valence-corrected chi connectivity index (χ4v) is 2.92. The highest BCUT2D eigenvalue weighted by Crippen LogP contribution is 2.39. The van der Waals surface area contributed by atoms with Gasteiger partial charge in [-0.05, 0) is 24.5 Å². The van der Waals surface area contributed by atoms with Crippen molar-refractivity contribution in [1.29, 1.82) is 0 Å². The van der Waals surface area contributed by atoms with E-state index in [1.54, 1.807) is 13.1 Å². The molecule has 1 aromatic carbocycles. The van der Waals surface area contributed by atoms with Crippen LogP contribution in [0.1, 0.15) is 5.69 Å². The number of hydrogen-bond donors (Lipinski definition) is 1. The van der Waals surface area contributed by atoms with E-state index in [0.717, 1.165) is 11.5 Å². The van der Waals surface area contributed by atoms with Crippen molar-refractivity contribution in [3.63, 3.8) is 0 Å². The lowest BCUT2D eigenvalue weighted by atomic mass is 10.2. The van der Waals surface area contributed by atoms with E-state index in [4.69, 9.17) is 29.8 Å². The summed E-state index contributed by atoms with van der Waals surface area (Å²) in [7, 11) is 0. The van der Waals surface area contributed by atoms with Gasteiger partial charge in [-0.1, -0.05) is 23.2 Å². The number of halogens is 2. The molecule has 2 heterocycles. The van der Waals surface area contributed by atoms with E-state index in [1.165, 1.54) is 12.1 Å². The number of aromatic hydroxyl groups is 1. The maximum Gasteiger partial charge on any atom is 0.234 e. The average molecular weight is 364 g/mol. The van der Waals surface area contributed by atoms with Gasteiger partial charge in [0.2, 0.25) is 5.69 Å². The van der Waals surface area contributed by atoms with Crippen LogP contribution in [-0.4, -0.2) is 14.5 Å². The molecular formula is C14H7Cl2N5OS. The Morgan fingerprint density at radius 3 is 2.78 bits per heavy atom. The number of benzene rings is 1. The minimum absolute atomic E-state index is 0.125. The van der Waals surface area contributed by atoms with E-state index in [1.807, 2.05) is 0 Å². The van der Waals surface area contributed by atoms with Gasteiger partial charge in [0.15, 0.2) is 5.00 Å². The first kappa shape index (κ1) is 15.6. The first-order valence-electron chi connectivity index (χ1n) is 6.23. The van der Waals surface area contributed by atoms with Crippen LogP contribution in [0.4, 0.5) is 16.4 Å². The van der Waals surface area contributed by atoms with Crippen molar-refractivity contribution in [1.82, 2.24) is 9.36 Å². The number of phenols is 1. The number of hydrogen-bond acceptors (Lipinski definition) is 6. The minimum atomic E-state index is -0.125. The Kier molecular flexibility index (Phi) is 4.13. The molecule has 0 aliphatic rings. The molecule has 0 aliphatic carbocycles. The van der Waals surface area contributed by atoms with Crippen LogP contribution in [0, 0.1) is 13.5 Å². The van der Waals surface area contributed by atoms with Gasteiger partial charge in [-0.2, -0.15) is 0 Å². The van der Waals surface area contributed by atoms with Crippen LogP contribution in [0.25, 0.3) is 15.7 Å². The van der Waals surface area contributed by atoms with Crippen molar-refractivity contribution in [3.8, 4) is 5.75 Å². The molecule has 9 heteroatoms. The van der Waals surface area contributed by atoms with E-state index in [9.17, 15) is 5.11 Å². The third-order valence-corrected chi connectivity index (χ3v) is 4.39. The Morgan fingerprint density at radius 2 is 2.04 bits per heavy atom. The number of rotatable bonds is 2. The maximum absolute atomic E-state index is 9.47. The smallest absolute Gasteiger partial charge is 0.234 e. The minimum Gasteiger partial charge on any atom is -0.506 e. The molecule has 3 aromatic rings. The van der Waals surface area contributed by atoms with E-state index in [0.29, 0.717) is 33.0 Å². The molecule has 0 radical (unpaired) electrons. The highest BCUT2D eigenvalue weighted by molar-refractivity contribution is 7.11. The zero-order valence-corrected chi connectivity index (χ0v) is 13.9. The molecule has 23 heavy (non-hydrogen) atoms. The summed E-state index contributed by atoms with van der Waals surface area (Å²) in [5.74, 6) is -0.125. The zero-order chi connectivity index (χ0) is 16.6. The number of phenolic OH excluding ortho intramolecular Hbond substituents is 1. The number of aryl methyl sites for hydroxylation is 1. The Hall–Kier alpha value is -2.27. The van der Waals surface area contributed by atoms with Gasteiger partial charge in [-0.3, -0.25) is 4.98 Å². The van der Waals surface area contributed by atoms with Crippen molar-refractivity contribution in [3.05, 3.63) is 45.5 Å². The summed E-state index contributed by atoms with van der Waals surface area (Å²) in [6, 6.07) is 2.71. The highest BCUT2D eigenvalue weighted by atomic mass is 35.5. The fourth-order valence-electron chi connectivity index (χ4n) is 1.88. The molecule has 2 aromatic heterocycles. The van der Waals surface area contributed by atoms with E-state index in [2.05, 4.69) is 24.4 Å². The molecule has 0 atom stereocenters. The molecule has 0 amide bonds. The van der Waals surface area contributed by atoms with Gasteiger partial charge in [0.1, 0.15) is 11.4 Å². The molecule has 114 valence electrons. The molecule has 0 spiro atoms. The Morgan fingerprint density at radius 1 is 1.26 bits per heavy atom. The quantitative estimate of drug-likeness (QED) is 0.449. The van der Waals surface area contributed by atoms with E-state index in [-0.39, 0.29) is 15.8 Å². The van der Waals surface area contributed by atoms with Crippen LogP contribution in [0.3, 0.4) is 0 Å². The first-order chi connectivity index (χ1) is 11.0. The summed E-state index contributed by atoms with van der Waals surface area (Å²) in [6.07, 6.45) is 1.61. The molecule has 0 bridgehead atoms. The number of nitrogens with zero attached hydrogens (tertiary/aromatic N) is 5. The lowest BCUT2D eigenvalue weighted by Crippen LogP contribution is -1.80. The molecule has 0 saturated heterocycles. The molecule has 0 saturated carbocycles. The Labute approximate surface area is 145 Å². The molecule has 0 unspecified atom stereocenters. The van der Waals surface area contributed by atoms with Crippen LogP contribution >= 0.6 is 34.7 Å². The van der Waals surface area contributed by atoms with Crippen molar-refractivity contribution in [2.45, 2.75) is 6.92 Å². The highest BCUT2D eigenvalue weighted by Gasteiger charge is 2.13. The van der Waals surface area contributed by atoms with Gasteiger partial charge in [0.25, 0.3) is 0 Å². The molecule has 6 nitrogen and oxygen atoms in total. The van der Waals surface area contributed by atoms with Crippen LogP contribution in [-0.2, 0) is 0 Å². The summed E-state index contributed by atoms with van der Waals surface area (Å²) < 4.78 is 4.25. The second-order valence-corrected chi connectivity index (χ2v) is 6.08. The molecule has 0 fully saturated rings. The van der Waals surface area contributed by atoms with Crippen LogP contribution in [0.5, 0.6) is 5.75 Å². The van der Waals surface area contributed by atoms with Gasteiger partial charge in [0.05, 0.1) is 22.1 Å². The average Bonchev–Trinajstić information content (AvgIpc) is 2.92. The van der Waals surface area contributed by atoms with E-state index >= 15 is 0 Å². The number of fused-ring (bicyclic) bond motifs is 1. The van der Waals surface area contributed by atoms with Crippen molar-refractivity contribution < 1.29 is 5.11 Å². The van der Waals surface area contributed by atoms with Gasteiger partial charge in [-0.15, -0.1) is 10.2 Å². The molecule has 0 aliphatic heterocycles. The van der Waals surface area contributed by atoms with E-state index < -0.39 is 0 Å². The van der Waals surface area contributed by atoms with Crippen molar-refractivity contribution >= 4 is 62.0 Å². The lowest BCUT2D eigenvalue weighted by Gasteiger charge is -2.00. The molecular weight excluding hydrogens is 357 g/mol. The topological polar surface area (TPSA) is 75.1 Å². The normalized spacial score (nSPS) is 11.2. The lowest BCUT2D eigenvalue weighted by molar-refractivity contribution is 0.475. The summed E-state index contributed by atoms with van der Waals surface area (Å²) in [5, 5.41) is 19.1. The Balaban J connectivity index is 2.06. The zero-order valence-electron chi connectivity index (χ0n) is 11.6. The number of pyridine rings is 1. The molecule has 1 N–H and O–H groups in total. The molecule has 3 rings (SSSR count). The fraction of sp³-hybridized carbons (Fsp3) is 0.0714. The van der Waals surface area contributed by atoms with Gasteiger partial charge < -0.3 is 5.11 Å². The van der Waals surface area contributed by atoms with Gasteiger partial charge in [0, 0.05) is 23.3 Å². The second kappa shape index (κ2) is 6.08. The monoisotopic (exact) mass is 363 g/mol. The predicted octanol–water partition coefficient (Wildman–Crippen LogP) is 5.98. The summed E-state index contributed by atoms with van der Waals surface area (Å²) in [5.41, 5.74) is 1.91. The maximum atomic E-state index is 9.47. The van der Waals surface area contributed by atoms with Gasteiger partial charge in [-0.25, -0.2) is 9.22 Å². The standard InChI is InChI=1S/C14H7Cl2N5OS/c1-6-12(17-2)13-7(5-18-6)14(23-21-13)20-19-10-3-9(16)11(22)4-8(10)15/h3-5,22H,1H3. The predicted molar refractivity (Wildman–Crippen MR) is 90.7 cm³/mol. The van der Waals surface area contributed by atoms with Crippen LogP contribution in [0.15, 0.2) is 28.6 Å². The summed E-state index contributed by atoms with van der Waals surface area (Å²) in [4.78, 5) is 7.64.